The molecule has 2 atom stereocenters. The summed E-state index contributed by atoms with van der Waals surface area (Å²) in [5.41, 5.74) is 1.66. The molecule has 1 amide bonds. The number of anilines is 1. The van der Waals surface area contributed by atoms with Crippen molar-refractivity contribution in [2.24, 2.45) is 11.8 Å². The van der Waals surface area contributed by atoms with Gasteiger partial charge in [-0.1, -0.05) is 23.7 Å². The molecule has 1 aromatic rings. The molecule has 112 valence electrons. The zero-order valence-corrected chi connectivity index (χ0v) is 13.7. The molecule has 0 fully saturated rings. The van der Waals surface area contributed by atoms with Crippen LogP contribution >= 0.6 is 27.5 Å². The lowest BCUT2D eigenvalue weighted by Crippen LogP contribution is -2.42. The van der Waals surface area contributed by atoms with E-state index in [4.69, 9.17) is 11.6 Å². The molecule has 0 radical (unpaired) electrons. The fourth-order valence-corrected chi connectivity index (χ4v) is 3.19. The monoisotopic (exact) mass is 370 g/mol. The quantitative estimate of drug-likeness (QED) is 0.888. The molecule has 21 heavy (non-hydrogen) atoms. The van der Waals surface area contributed by atoms with Crippen LogP contribution in [0.1, 0.15) is 18.4 Å². The molecule has 1 N–H and O–H groups in total. The van der Waals surface area contributed by atoms with Crippen LogP contribution in [0.4, 0.5) is 5.69 Å². The molecule has 2 rings (SSSR count). The summed E-state index contributed by atoms with van der Waals surface area (Å²) in [7, 11) is 0. The van der Waals surface area contributed by atoms with Gasteiger partial charge in [-0.2, -0.15) is 0 Å². The Bertz CT molecular complexity index is 615. The molecular formula is C15H14BrClNO3-. The number of rotatable bonds is 3. The van der Waals surface area contributed by atoms with E-state index in [1.54, 1.807) is 12.1 Å². The van der Waals surface area contributed by atoms with Crippen molar-refractivity contribution in [3.05, 3.63) is 39.3 Å². The maximum atomic E-state index is 12.4. The summed E-state index contributed by atoms with van der Waals surface area (Å²) in [5.74, 6) is -3.16. The molecule has 1 aromatic carbocycles. The standard InChI is InChI=1S/C15H15BrClNO3/c1-8-2-5-13(12(16)6-8)18-14(19)11-7-9(17)3-4-10(11)15(20)21/h2-3,5-6,10-11H,4,7H2,1H3,(H,18,19)(H,20,21)/p-1. The van der Waals surface area contributed by atoms with Crippen LogP contribution in [0.2, 0.25) is 0 Å². The molecule has 1 aliphatic rings. The third-order valence-electron chi connectivity index (χ3n) is 3.52. The Morgan fingerprint density at radius 1 is 1.38 bits per heavy atom. The highest BCUT2D eigenvalue weighted by molar-refractivity contribution is 9.10. The van der Waals surface area contributed by atoms with E-state index in [-0.39, 0.29) is 18.7 Å². The lowest BCUT2D eigenvalue weighted by Gasteiger charge is -2.29. The second kappa shape index (κ2) is 6.62. The van der Waals surface area contributed by atoms with Crippen LogP contribution in [0.25, 0.3) is 0 Å². The summed E-state index contributed by atoms with van der Waals surface area (Å²) in [6, 6.07) is 5.51. The summed E-state index contributed by atoms with van der Waals surface area (Å²) < 4.78 is 0.748. The van der Waals surface area contributed by atoms with Crippen LogP contribution < -0.4 is 10.4 Å². The number of halogens is 2. The number of hydrogen-bond donors (Lipinski definition) is 1. The second-order valence-electron chi connectivity index (χ2n) is 5.10. The van der Waals surface area contributed by atoms with Crippen LogP contribution in [0.15, 0.2) is 33.8 Å². The van der Waals surface area contributed by atoms with Gasteiger partial charge in [-0.05, 0) is 53.4 Å². The van der Waals surface area contributed by atoms with Gasteiger partial charge in [-0.3, -0.25) is 4.79 Å². The first-order chi connectivity index (χ1) is 9.88. The minimum Gasteiger partial charge on any atom is -0.550 e. The van der Waals surface area contributed by atoms with Gasteiger partial charge in [0.05, 0.1) is 11.6 Å². The molecule has 1 aliphatic carbocycles. The molecule has 0 aliphatic heterocycles. The zero-order chi connectivity index (χ0) is 15.6. The van der Waals surface area contributed by atoms with E-state index in [9.17, 15) is 14.7 Å². The third-order valence-corrected chi connectivity index (χ3v) is 4.48. The minimum absolute atomic E-state index is 0.217. The number of carbonyl (C=O) groups excluding carboxylic acids is 2. The topological polar surface area (TPSA) is 69.2 Å². The lowest BCUT2D eigenvalue weighted by molar-refractivity contribution is -0.313. The summed E-state index contributed by atoms with van der Waals surface area (Å²) in [6.07, 6.45) is 2.07. The lowest BCUT2D eigenvalue weighted by atomic mass is 9.82. The van der Waals surface area contributed by atoms with Gasteiger partial charge in [0.2, 0.25) is 5.91 Å². The van der Waals surface area contributed by atoms with Crippen molar-refractivity contribution in [2.75, 3.05) is 5.32 Å². The first kappa shape index (κ1) is 16.0. The number of nitrogens with one attached hydrogen (secondary N) is 1. The van der Waals surface area contributed by atoms with Gasteiger partial charge >= 0.3 is 0 Å². The number of carboxylic acids is 1. The van der Waals surface area contributed by atoms with Crippen molar-refractivity contribution in [1.29, 1.82) is 0 Å². The van der Waals surface area contributed by atoms with Crippen LogP contribution in [0.5, 0.6) is 0 Å². The molecule has 4 nitrogen and oxygen atoms in total. The van der Waals surface area contributed by atoms with E-state index in [0.717, 1.165) is 10.0 Å². The normalized spacial score (nSPS) is 21.6. The molecule has 2 unspecified atom stereocenters. The van der Waals surface area contributed by atoms with Gasteiger partial charge in [-0.25, -0.2) is 0 Å². The number of aliphatic carboxylic acids is 1. The highest BCUT2D eigenvalue weighted by Crippen LogP contribution is 2.33. The number of benzene rings is 1. The van der Waals surface area contributed by atoms with E-state index < -0.39 is 17.8 Å². The van der Waals surface area contributed by atoms with Crippen molar-refractivity contribution in [3.8, 4) is 0 Å². The summed E-state index contributed by atoms with van der Waals surface area (Å²) in [4.78, 5) is 23.5. The SMILES string of the molecule is Cc1ccc(NC(=O)C2CC(Cl)=CCC2C(=O)[O-])c(Br)c1. The van der Waals surface area contributed by atoms with E-state index in [1.165, 1.54) is 0 Å². The Hall–Kier alpha value is -1.33. The van der Waals surface area contributed by atoms with Crippen LogP contribution in [-0.2, 0) is 9.59 Å². The fourth-order valence-electron chi connectivity index (χ4n) is 2.34. The average molecular weight is 372 g/mol. The van der Waals surface area contributed by atoms with Gasteiger partial charge in [0.15, 0.2) is 0 Å². The van der Waals surface area contributed by atoms with Gasteiger partial charge in [0, 0.05) is 21.4 Å². The van der Waals surface area contributed by atoms with Crippen molar-refractivity contribution >= 4 is 45.1 Å². The smallest absolute Gasteiger partial charge is 0.228 e. The number of aryl methyl sites for hydroxylation is 1. The van der Waals surface area contributed by atoms with Crippen molar-refractivity contribution in [3.63, 3.8) is 0 Å². The molecule has 0 bridgehead atoms. The second-order valence-corrected chi connectivity index (χ2v) is 6.44. The molecule has 0 aromatic heterocycles. The molecular weight excluding hydrogens is 358 g/mol. The first-order valence-electron chi connectivity index (χ1n) is 6.51. The highest BCUT2D eigenvalue weighted by atomic mass is 79.9. The predicted octanol–water partition coefficient (Wildman–Crippen LogP) is 2.59. The van der Waals surface area contributed by atoms with Gasteiger partial charge in [-0.15, -0.1) is 0 Å². The number of amides is 1. The van der Waals surface area contributed by atoms with E-state index in [1.807, 2.05) is 19.1 Å². The predicted molar refractivity (Wildman–Crippen MR) is 82.7 cm³/mol. The van der Waals surface area contributed by atoms with E-state index in [0.29, 0.717) is 10.7 Å². The summed E-state index contributed by atoms with van der Waals surface area (Å²) in [5, 5.41) is 14.4. The number of hydrogen-bond acceptors (Lipinski definition) is 3. The molecule has 0 spiro atoms. The maximum Gasteiger partial charge on any atom is 0.228 e. The Morgan fingerprint density at radius 2 is 2.10 bits per heavy atom. The van der Waals surface area contributed by atoms with E-state index in [2.05, 4.69) is 21.2 Å². The largest absolute Gasteiger partial charge is 0.550 e. The summed E-state index contributed by atoms with van der Waals surface area (Å²) >= 11 is 9.31. The molecule has 0 saturated carbocycles. The van der Waals surface area contributed by atoms with Crippen LogP contribution in [-0.4, -0.2) is 11.9 Å². The molecule has 0 saturated heterocycles. The number of carboxylic acid groups (broad SMARTS) is 1. The van der Waals surface area contributed by atoms with Gasteiger partial charge in [0.25, 0.3) is 0 Å². The third kappa shape index (κ3) is 3.86. The molecule has 6 heteroatoms. The average Bonchev–Trinajstić information content (AvgIpc) is 2.41. The Kier molecular flexibility index (Phi) is 5.06. The van der Waals surface area contributed by atoms with Gasteiger partial charge in [0.1, 0.15) is 0 Å². The Balaban J connectivity index is 2.18. The van der Waals surface area contributed by atoms with Crippen molar-refractivity contribution < 1.29 is 14.7 Å². The van der Waals surface area contributed by atoms with E-state index >= 15 is 0 Å². The Labute approximate surface area is 136 Å². The molecule has 0 heterocycles. The summed E-state index contributed by atoms with van der Waals surface area (Å²) in [6.45, 7) is 1.94. The highest BCUT2D eigenvalue weighted by Gasteiger charge is 2.32. The fraction of sp³-hybridized carbons (Fsp3) is 0.333. The first-order valence-corrected chi connectivity index (χ1v) is 7.68. The van der Waals surface area contributed by atoms with Crippen LogP contribution in [0.3, 0.4) is 0 Å². The number of allylic oxidation sites excluding steroid dienone is 2. The number of carbonyl (C=O) groups is 2. The van der Waals surface area contributed by atoms with Crippen molar-refractivity contribution in [2.45, 2.75) is 19.8 Å². The van der Waals surface area contributed by atoms with Gasteiger partial charge < -0.3 is 15.2 Å². The Morgan fingerprint density at radius 3 is 2.71 bits per heavy atom. The minimum atomic E-state index is -1.22. The zero-order valence-electron chi connectivity index (χ0n) is 11.4. The van der Waals surface area contributed by atoms with Crippen LogP contribution in [0, 0.1) is 18.8 Å². The maximum absolute atomic E-state index is 12.4. The van der Waals surface area contributed by atoms with Crippen molar-refractivity contribution in [1.82, 2.24) is 0 Å².